The number of aromatic nitrogens is 2. The van der Waals surface area contributed by atoms with Crippen LogP contribution < -0.4 is 5.32 Å². The van der Waals surface area contributed by atoms with Crippen LogP contribution in [0.25, 0.3) is 0 Å². The van der Waals surface area contributed by atoms with E-state index in [2.05, 4.69) is 22.2 Å². The zero-order chi connectivity index (χ0) is 15.1. The van der Waals surface area contributed by atoms with Gasteiger partial charge in [-0.05, 0) is 23.4 Å². The summed E-state index contributed by atoms with van der Waals surface area (Å²) in [6, 6.07) is 3.70. The second-order valence-electron chi connectivity index (χ2n) is 4.40. The number of thioether (sulfide) groups is 1. The average Bonchev–Trinajstić information content (AvgIpc) is 2.98. The van der Waals surface area contributed by atoms with Crippen LogP contribution >= 0.6 is 23.1 Å². The van der Waals surface area contributed by atoms with E-state index in [1.807, 2.05) is 29.3 Å². The van der Waals surface area contributed by atoms with Crippen LogP contribution in [0.1, 0.15) is 17.5 Å². The van der Waals surface area contributed by atoms with Gasteiger partial charge in [-0.3, -0.25) is 5.32 Å². The van der Waals surface area contributed by atoms with E-state index >= 15 is 0 Å². The number of hydrogen-bond donors (Lipinski definition) is 1. The van der Waals surface area contributed by atoms with E-state index in [0.717, 1.165) is 22.1 Å². The predicted molar refractivity (Wildman–Crippen MR) is 88.7 cm³/mol. The molecule has 2 aromatic heterocycles. The van der Waals surface area contributed by atoms with E-state index in [9.17, 15) is 4.79 Å². The van der Waals surface area contributed by atoms with Crippen LogP contribution in [-0.2, 0) is 12.3 Å². The predicted octanol–water partition coefficient (Wildman–Crippen LogP) is 3.46. The van der Waals surface area contributed by atoms with Crippen molar-refractivity contribution in [2.24, 2.45) is 0 Å². The van der Waals surface area contributed by atoms with Crippen molar-refractivity contribution in [1.29, 1.82) is 0 Å². The van der Waals surface area contributed by atoms with Crippen LogP contribution in [0.5, 0.6) is 0 Å². The Morgan fingerprint density at radius 1 is 1.43 bits per heavy atom. The molecule has 21 heavy (non-hydrogen) atoms. The van der Waals surface area contributed by atoms with Gasteiger partial charge in [-0.25, -0.2) is 14.8 Å². The molecule has 2 heterocycles. The maximum Gasteiger partial charge on any atom is 0.323 e. The number of hydrogen-bond acceptors (Lipinski definition) is 5. The second-order valence-corrected chi connectivity index (χ2v) is 6.65. The molecule has 112 valence electrons. The molecule has 7 heteroatoms. The number of carbonyl (C=O) groups is 1. The van der Waals surface area contributed by atoms with Crippen LogP contribution in [-0.4, -0.2) is 33.7 Å². The topological polar surface area (TPSA) is 58.1 Å². The Bertz CT molecular complexity index is 574. The van der Waals surface area contributed by atoms with Crippen LogP contribution in [0, 0.1) is 0 Å². The molecule has 2 rings (SSSR count). The third-order valence-corrected chi connectivity index (χ3v) is 4.44. The van der Waals surface area contributed by atoms with E-state index in [1.165, 1.54) is 11.3 Å². The Hall–Kier alpha value is -1.60. The Labute approximate surface area is 132 Å². The second kappa shape index (κ2) is 7.99. The summed E-state index contributed by atoms with van der Waals surface area (Å²) < 4.78 is 0. The first-order chi connectivity index (χ1) is 10.2. The molecule has 0 aromatic carbocycles. The molecule has 2 amide bonds. The van der Waals surface area contributed by atoms with Crippen molar-refractivity contribution in [3.05, 3.63) is 40.5 Å². The molecule has 0 saturated carbocycles. The van der Waals surface area contributed by atoms with Crippen LogP contribution in [0.15, 0.2) is 29.9 Å². The molecule has 0 spiro atoms. The average molecular weight is 322 g/mol. The molecule has 0 radical (unpaired) electrons. The van der Waals surface area contributed by atoms with E-state index in [0.29, 0.717) is 12.4 Å². The van der Waals surface area contributed by atoms with E-state index in [-0.39, 0.29) is 6.03 Å². The standard InChI is InChI=1S/C14H18N4OS2/c1-3-20-10-11-4-5-15-12(8-11)17-14(19)18(2)9-13-16-6-7-21-13/h4-8H,3,9-10H2,1-2H3,(H,15,17,19). The maximum absolute atomic E-state index is 12.1. The van der Waals surface area contributed by atoms with Crippen LogP contribution in [0.2, 0.25) is 0 Å². The lowest BCUT2D eigenvalue weighted by atomic mass is 10.3. The SMILES string of the molecule is CCSCc1ccnc(NC(=O)N(C)Cc2nccs2)c1. The summed E-state index contributed by atoms with van der Waals surface area (Å²) in [6.45, 7) is 2.62. The summed E-state index contributed by atoms with van der Waals surface area (Å²) in [4.78, 5) is 22.1. The Morgan fingerprint density at radius 2 is 2.29 bits per heavy atom. The molecule has 0 saturated heterocycles. The van der Waals surface area contributed by atoms with Crippen molar-refractivity contribution >= 4 is 34.9 Å². The Balaban J connectivity index is 1.92. The number of anilines is 1. The Morgan fingerprint density at radius 3 is 3.00 bits per heavy atom. The van der Waals surface area contributed by atoms with Gasteiger partial charge < -0.3 is 4.90 Å². The van der Waals surface area contributed by atoms with E-state index in [4.69, 9.17) is 0 Å². The quantitative estimate of drug-likeness (QED) is 0.885. The largest absolute Gasteiger partial charge is 0.323 e. The summed E-state index contributed by atoms with van der Waals surface area (Å²) >= 11 is 3.38. The minimum Gasteiger partial charge on any atom is -0.321 e. The summed E-state index contributed by atoms with van der Waals surface area (Å²) in [6.07, 6.45) is 3.46. The van der Waals surface area contributed by atoms with E-state index in [1.54, 1.807) is 24.3 Å². The molecule has 0 atom stereocenters. The molecule has 0 aliphatic carbocycles. The number of urea groups is 1. The molecule has 0 aliphatic heterocycles. The van der Waals surface area contributed by atoms with Gasteiger partial charge in [0, 0.05) is 30.6 Å². The summed E-state index contributed by atoms with van der Waals surface area (Å²) in [7, 11) is 1.74. The van der Waals surface area contributed by atoms with Crippen LogP contribution in [0.4, 0.5) is 10.6 Å². The van der Waals surface area contributed by atoms with Crippen molar-refractivity contribution in [1.82, 2.24) is 14.9 Å². The van der Waals surface area contributed by atoms with Crippen molar-refractivity contribution in [3.8, 4) is 0 Å². The minimum atomic E-state index is -0.182. The number of rotatable bonds is 6. The molecule has 0 aliphatic rings. The molecular weight excluding hydrogens is 304 g/mol. The fourth-order valence-corrected chi connectivity index (χ4v) is 2.95. The van der Waals surface area contributed by atoms with Gasteiger partial charge in [0.15, 0.2) is 0 Å². The first-order valence-corrected chi connectivity index (χ1v) is 8.65. The smallest absolute Gasteiger partial charge is 0.321 e. The molecule has 2 aromatic rings. The highest BCUT2D eigenvalue weighted by Gasteiger charge is 2.11. The van der Waals surface area contributed by atoms with Crippen molar-refractivity contribution in [2.45, 2.75) is 19.2 Å². The maximum atomic E-state index is 12.1. The van der Waals surface area contributed by atoms with Gasteiger partial charge in [0.2, 0.25) is 0 Å². The van der Waals surface area contributed by atoms with Crippen molar-refractivity contribution in [2.75, 3.05) is 18.1 Å². The summed E-state index contributed by atoms with van der Waals surface area (Å²) in [5.41, 5.74) is 1.16. The minimum absolute atomic E-state index is 0.182. The number of nitrogens with zero attached hydrogens (tertiary/aromatic N) is 3. The molecule has 1 N–H and O–H groups in total. The van der Waals surface area contributed by atoms with Gasteiger partial charge >= 0.3 is 6.03 Å². The third-order valence-electron chi connectivity index (χ3n) is 2.73. The highest BCUT2D eigenvalue weighted by molar-refractivity contribution is 7.98. The first kappa shape index (κ1) is 15.8. The van der Waals surface area contributed by atoms with Crippen molar-refractivity contribution < 1.29 is 4.79 Å². The van der Waals surface area contributed by atoms with Crippen molar-refractivity contribution in [3.63, 3.8) is 0 Å². The molecule has 0 bridgehead atoms. The number of carbonyl (C=O) groups excluding carboxylic acids is 1. The lowest BCUT2D eigenvalue weighted by Gasteiger charge is -2.16. The van der Waals surface area contributed by atoms with Gasteiger partial charge in [-0.15, -0.1) is 11.3 Å². The Kier molecular flexibility index (Phi) is 6.01. The molecule has 0 unspecified atom stereocenters. The summed E-state index contributed by atoms with van der Waals surface area (Å²) in [5.74, 6) is 2.58. The zero-order valence-electron chi connectivity index (χ0n) is 12.1. The molecule has 0 fully saturated rings. The third kappa shape index (κ3) is 5.02. The highest BCUT2D eigenvalue weighted by Crippen LogP contribution is 2.15. The fourth-order valence-electron chi connectivity index (χ4n) is 1.66. The van der Waals surface area contributed by atoms with Gasteiger partial charge in [-0.2, -0.15) is 11.8 Å². The monoisotopic (exact) mass is 322 g/mol. The van der Waals surface area contributed by atoms with Gasteiger partial charge in [0.1, 0.15) is 10.8 Å². The normalized spacial score (nSPS) is 10.4. The van der Waals surface area contributed by atoms with Gasteiger partial charge in [-0.1, -0.05) is 6.92 Å². The molecular formula is C14H18N4OS2. The van der Waals surface area contributed by atoms with Gasteiger partial charge in [0.05, 0.1) is 6.54 Å². The number of amides is 2. The number of thiazole rings is 1. The number of pyridine rings is 1. The lowest BCUT2D eigenvalue weighted by Crippen LogP contribution is -2.31. The lowest BCUT2D eigenvalue weighted by molar-refractivity contribution is 0.220. The molecule has 5 nitrogen and oxygen atoms in total. The van der Waals surface area contributed by atoms with Gasteiger partial charge in [0.25, 0.3) is 0 Å². The van der Waals surface area contributed by atoms with E-state index < -0.39 is 0 Å². The zero-order valence-corrected chi connectivity index (χ0v) is 13.7. The number of nitrogens with one attached hydrogen (secondary N) is 1. The first-order valence-electron chi connectivity index (χ1n) is 6.62. The fraction of sp³-hybridized carbons (Fsp3) is 0.357. The van der Waals surface area contributed by atoms with Crippen LogP contribution in [0.3, 0.4) is 0 Å². The highest BCUT2D eigenvalue weighted by atomic mass is 32.2. The summed E-state index contributed by atoms with van der Waals surface area (Å²) in [5, 5.41) is 5.63.